The lowest BCUT2D eigenvalue weighted by Gasteiger charge is -2.04. The molecule has 3 N–H and O–H groups in total. The predicted octanol–water partition coefficient (Wildman–Crippen LogP) is 0.960. The molecule has 0 heterocycles. The van der Waals surface area contributed by atoms with Crippen LogP contribution in [0.4, 0.5) is 0 Å². The summed E-state index contributed by atoms with van der Waals surface area (Å²) >= 11 is 5.71. The summed E-state index contributed by atoms with van der Waals surface area (Å²) in [6.45, 7) is 0.641. The van der Waals surface area contributed by atoms with Gasteiger partial charge in [-0.2, -0.15) is 0 Å². The second-order valence-electron chi connectivity index (χ2n) is 2.58. The molecule has 0 fully saturated rings. The van der Waals surface area contributed by atoms with Crippen molar-refractivity contribution in [3.63, 3.8) is 0 Å². The van der Waals surface area contributed by atoms with Crippen LogP contribution < -0.4 is 11.2 Å². The first-order chi connectivity index (χ1) is 6.74. The summed E-state index contributed by atoms with van der Waals surface area (Å²) in [7, 11) is 0. The van der Waals surface area contributed by atoms with Gasteiger partial charge in [-0.1, -0.05) is 17.7 Å². The molecule has 1 aromatic carbocycles. The lowest BCUT2D eigenvalue weighted by Crippen LogP contribution is -2.26. The zero-order valence-corrected chi connectivity index (χ0v) is 8.25. The van der Waals surface area contributed by atoms with Crippen LogP contribution >= 0.6 is 11.6 Å². The van der Waals surface area contributed by atoms with Crippen molar-refractivity contribution >= 4 is 17.5 Å². The van der Waals surface area contributed by atoms with Crippen molar-refractivity contribution < 1.29 is 9.63 Å². The average Bonchev–Trinajstić information content (AvgIpc) is 2.18. The average molecular weight is 215 g/mol. The molecule has 0 aliphatic heterocycles. The topological polar surface area (TPSA) is 64.3 Å². The van der Waals surface area contributed by atoms with Gasteiger partial charge in [0.15, 0.2) is 0 Å². The zero-order chi connectivity index (χ0) is 10.4. The number of rotatable bonds is 4. The molecule has 14 heavy (non-hydrogen) atoms. The van der Waals surface area contributed by atoms with Crippen LogP contribution in [-0.2, 0) is 4.84 Å². The van der Waals surface area contributed by atoms with Crippen molar-refractivity contribution in [1.82, 2.24) is 5.48 Å². The van der Waals surface area contributed by atoms with Crippen molar-refractivity contribution in [2.45, 2.75) is 0 Å². The maximum absolute atomic E-state index is 11.3. The van der Waals surface area contributed by atoms with E-state index in [0.717, 1.165) is 0 Å². The molecule has 1 rings (SSSR count). The number of benzene rings is 1. The number of nitrogens with one attached hydrogen (secondary N) is 1. The van der Waals surface area contributed by atoms with E-state index in [9.17, 15) is 4.79 Å². The molecule has 4 nitrogen and oxygen atoms in total. The Bertz CT molecular complexity index is 317. The Kier molecular flexibility index (Phi) is 4.39. The van der Waals surface area contributed by atoms with Gasteiger partial charge in [-0.15, -0.1) is 0 Å². The molecule has 0 saturated heterocycles. The van der Waals surface area contributed by atoms with Crippen LogP contribution in [-0.4, -0.2) is 19.1 Å². The first-order valence-electron chi connectivity index (χ1n) is 4.12. The third-order valence-electron chi connectivity index (χ3n) is 1.47. The summed E-state index contributed by atoms with van der Waals surface area (Å²) in [4.78, 5) is 16.1. The standard InChI is InChI=1S/C9H11ClN2O2/c10-8-3-1-2-7(6-8)9(13)12-14-5-4-11/h1-3,6H,4-5,11H2,(H,12,13). The van der Waals surface area contributed by atoms with Crippen molar-refractivity contribution in [1.29, 1.82) is 0 Å². The minimum absolute atomic E-state index is 0.284. The Labute approximate surface area is 86.9 Å². The fourth-order valence-corrected chi connectivity index (χ4v) is 1.05. The fraction of sp³-hybridized carbons (Fsp3) is 0.222. The molecule has 0 aromatic heterocycles. The molecule has 76 valence electrons. The highest BCUT2D eigenvalue weighted by atomic mass is 35.5. The van der Waals surface area contributed by atoms with Crippen LogP contribution in [0.15, 0.2) is 24.3 Å². The minimum Gasteiger partial charge on any atom is -0.328 e. The predicted molar refractivity (Wildman–Crippen MR) is 53.9 cm³/mol. The van der Waals surface area contributed by atoms with E-state index in [1.807, 2.05) is 0 Å². The Morgan fingerprint density at radius 3 is 3.00 bits per heavy atom. The monoisotopic (exact) mass is 214 g/mol. The van der Waals surface area contributed by atoms with E-state index in [0.29, 0.717) is 17.1 Å². The molecular formula is C9H11ClN2O2. The summed E-state index contributed by atoms with van der Waals surface area (Å²) in [6, 6.07) is 6.59. The Hall–Kier alpha value is -1.10. The lowest BCUT2D eigenvalue weighted by atomic mass is 10.2. The summed E-state index contributed by atoms with van der Waals surface area (Å²) in [5.41, 5.74) is 7.88. The highest BCUT2D eigenvalue weighted by Gasteiger charge is 2.04. The molecule has 0 spiro atoms. The number of carbonyl (C=O) groups excluding carboxylic acids is 1. The normalized spacial score (nSPS) is 9.86. The molecular weight excluding hydrogens is 204 g/mol. The first kappa shape index (κ1) is 11.0. The zero-order valence-electron chi connectivity index (χ0n) is 7.50. The van der Waals surface area contributed by atoms with Gasteiger partial charge in [0.1, 0.15) is 0 Å². The van der Waals surface area contributed by atoms with Gasteiger partial charge in [0, 0.05) is 17.1 Å². The maximum Gasteiger partial charge on any atom is 0.274 e. The summed E-state index contributed by atoms with van der Waals surface area (Å²) in [5.74, 6) is -0.332. The van der Waals surface area contributed by atoms with Gasteiger partial charge in [-0.05, 0) is 18.2 Å². The van der Waals surface area contributed by atoms with Crippen LogP contribution in [0, 0.1) is 0 Å². The van der Waals surface area contributed by atoms with Gasteiger partial charge in [0.25, 0.3) is 5.91 Å². The highest BCUT2D eigenvalue weighted by molar-refractivity contribution is 6.30. The summed E-state index contributed by atoms with van der Waals surface area (Å²) in [6.07, 6.45) is 0. The Balaban J connectivity index is 2.52. The number of hydrogen-bond donors (Lipinski definition) is 2. The SMILES string of the molecule is NCCONC(=O)c1cccc(Cl)c1. The Morgan fingerprint density at radius 2 is 2.36 bits per heavy atom. The second-order valence-corrected chi connectivity index (χ2v) is 3.02. The van der Waals surface area contributed by atoms with E-state index in [1.54, 1.807) is 24.3 Å². The summed E-state index contributed by atoms with van der Waals surface area (Å²) in [5, 5.41) is 0.511. The minimum atomic E-state index is -0.332. The molecule has 0 radical (unpaired) electrons. The third-order valence-corrected chi connectivity index (χ3v) is 1.71. The fourth-order valence-electron chi connectivity index (χ4n) is 0.864. The van der Waals surface area contributed by atoms with Crippen LogP contribution in [0.2, 0.25) is 5.02 Å². The van der Waals surface area contributed by atoms with Crippen LogP contribution in [0.1, 0.15) is 10.4 Å². The molecule has 0 atom stereocenters. The van der Waals surface area contributed by atoms with E-state index in [2.05, 4.69) is 5.48 Å². The van der Waals surface area contributed by atoms with E-state index in [1.165, 1.54) is 0 Å². The molecule has 0 bridgehead atoms. The highest BCUT2D eigenvalue weighted by Crippen LogP contribution is 2.10. The number of carbonyl (C=O) groups is 1. The number of halogens is 1. The van der Waals surface area contributed by atoms with Crippen molar-refractivity contribution in [2.24, 2.45) is 5.73 Å². The van der Waals surface area contributed by atoms with Gasteiger partial charge >= 0.3 is 0 Å². The molecule has 5 heteroatoms. The van der Waals surface area contributed by atoms with Gasteiger partial charge in [0.05, 0.1) is 6.61 Å². The van der Waals surface area contributed by atoms with E-state index in [-0.39, 0.29) is 12.5 Å². The van der Waals surface area contributed by atoms with Crippen molar-refractivity contribution in [3.05, 3.63) is 34.9 Å². The van der Waals surface area contributed by atoms with Gasteiger partial charge in [-0.25, -0.2) is 5.48 Å². The second kappa shape index (κ2) is 5.59. The number of hydroxylamine groups is 1. The number of hydrogen-bond acceptors (Lipinski definition) is 3. The van der Waals surface area contributed by atoms with Crippen molar-refractivity contribution in [3.8, 4) is 0 Å². The van der Waals surface area contributed by atoms with Crippen molar-refractivity contribution in [2.75, 3.05) is 13.2 Å². The van der Waals surface area contributed by atoms with E-state index < -0.39 is 0 Å². The largest absolute Gasteiger partial charge is 0.328 e. The lowest BCUT2D eigenvalue weighted by molar-refractivity contribution is 0.0343. The molecule has 1 aromatic rings. The van der Waals surface area contributed by atoms with E-state index >= 15 is 0 Å². The molecule has 0 unspecified atom stereocenters. The maximum atomic E-state index is 11.3. The molecule has 1 amide bonds. The first-order valence-corrected chi connectivity index (χ1v) is 4.49. The molecule has 0 aliphatic carbocycles. The van der Waals surface area contributed by atoms with Gasteiger partial charge < -0.3 is 5.73 Å². The third kappa shape index (κ3) is 3.33. The van der Waals surface area contributed by atoms with E-state index in [4.69, 9.17) is 22.2 Å². The molecule has 0 saturated carbocycles. The number of amides is 1. The van der Waals surface area contributed by atoms with Gasteiger partial charge in [-0.3, -0.25) is 9.63 Å². The summed E-state index contributed by atoms with van der Waals surface area (Å²) < 4.78 is 0. The van der Waals surface area contributed by atoms with Gasteiger partial charge in [0.2, 0.25) is 0 Å². The molecule has 0 aliphatic rings. The quantitative estimate of drug-likeness (QED) is 0.580. The number of nitrogens with two attached hydrogens (primary N) is 1. The van der Waals surface area contributed by atoms with Crippen LogP contribution in [0.3, 0.4) is 0 Å². The smallest absolute Gasteiger partial charge is 0.274 e. The van der Waals surface area contributed by atoms with Crippen LogP contribution in [0.25, 0.3) is 0 Å². The van der Waals surface area contributed by atoms with Crippen LogP contribution in [0.5, 0.6) is 0 Å². The Morgan fingerprint density at radius 1 is 1.57 bits per heavy atom.